The number of aromatic nitrogens is 1. The molecule has 0 saturated heterocycles. The van der Waals surface area contributed by atoms with Gasteiger partial charge in [0.1, 0.15) is 5.76 Å². The summed E-state index contributed by atoms with van der Waals surface area (Å²) < 4.78 is 5.18. The first-order valence-electron chi connectivity index (χ1n) is 7.51. The predicted molar refractivity (Wildman–Crippen MR) is 83.2 cm³/mol. The lowest BCUT2D eigenvalue weighted by Crippen LogP contribution is -2.39. The van der Waals surface area contributed by atoms with Gasteiger partial charge in [-0.2, -0.15) is 0 Å². The van der Waals surface area contributed by atoms with E-state index in [1.54, 1.807) is 0 Å². The first-order chi connectivity index (χ1) is 9.60. The van der Waals surface area contributed by atoms with Crippen molar-refractivity contribution in [2.75, 3.05) is 26.7 Å². The number of nitrogens with one attached hydrogen (secondary N) is 1. The van der Waals surface area contributed by atoms with E-state index < -0.39 is 0 Å². The van der Waals surface area contributed by atoms with Crippen LogP contribution in [0.25, 0.3) is 0 Å². The topological polar surface area (TPSA) is 53.7 Å². The molecule has 0 aromatic carbocycles. The Hall–Kier alpha value is -1.52. The molecule has 1 aromatic heterocycles. The molecule has 1 N–H and O–H groups in total. The smallest absolute Gasteiger partial charge is 0.193 e. The van der Waals surface area contributed by atoms with Crippen LogP contribution in [0.4, 0.5) is 0 Å². The first-order valence-corrected chi connectivity index (χ1v) is 7.51. The van der Waals surface area contributed by atoms with Crippen LogP contribution < -0.4 is 5.32 Å². The Morgan fingerprint density at radius 3 is 2.65 bits per heavy atom. The Balaban J connectivity index is 2.58. The highest BCUT2D eigenvalue weighted by molar-refractivity contribution is 5.79. The Kier molecular flexibility index (Phi) is 7.12. The maximum absolute atomic E-state index is 5.18. The molecule has 0 bridgehead atoms. The molecule has 20 heavy (non-hydrogen) atoms. The van der Waals surface area contributed by atoms with E-state index in [0.29, 0.717) is 0 Å². The molecule has 0 radical (unpaired) electrons. The second-order valence-corrected chi connectivity index (χ2v) is 5.06. The van der Waals surface area contributed by atoms with E-state index in [-0.39, 0.29) is 0 Å². The zero-order chi connectivity index (χ0) is 15.0. The van der Waals surface area contributed by atoms with Crippen molar-refractivity contribution in [2.45, 2.75) is 47.0 Å². The third kappa shape index (κ3) is 4.87. The van der Waals surface area contributed by atoms with Crippen molar-refractivity contribution in [3.8, 4) is 0 Å². The number of aliphatic imine (C=N–C) groups is 1. The van der Waals surface area contributed by atoms with Crippen LogP contribution in [-0.4, -0.2) is 42.7 Å². The van der Waals surface area contributed by atoms with Gasteiger partial charge in [-0.1, -0.05) is 18.5 Å². The van der Waals surface area contributed by atoms with Crippen LogP contribution in [-0.2, 0) is 6.42 Å². The van der Waals surface area contributed by atoms with Crippen LogP contribution in [0.15, 0.2) is 9.52 Å². The zero-order valence-corrected chi connectivity index (χ0v) is 13.5. The van der Waals surface area contributed by atoms with Crippen LogP contribution in [0, 0.1) is 13.8 Å². The molecule has 1 rings (SSSR count). The summed E-state index contributed by atoms with van der Waals surface area (Å²) in [5, 5.41) is 7.31. The second kappa shape index (κ2) is 8.61. The summed E-state index contributed by atoms with van der Waals surface area (Å²) >= 11 is 0. The van der Waals surface area contributed by atoms with Crippen LogP contribution in [0.1, 0.15) is 43.7 Å². The summed E-state index contributed by atoms with van der Waals surface area (Å²) in [6, 6.07) is 0. The quantitative estimate of drug-likeness (QED) is 0.616. The largest absolute Gasteiger partial charge is 0.361 e. The van der Waals surface area contributed by atoms with E-state index in [2.05, 4.69) is 41.3 Å². The van der Waals surface area contributed by atoms with Gasteiger partial charge in [-0.25, -0.2) is 0 Å². The Morgan fingerprint density at radius 2 is 2.10 bits per heavy atom. The third-order valence-corrected chi connectivity index (χ3v) is 3.35. The fraction of sp³-hybridized carbons (Fsp3) is 0.733. The van der Waals surface area contributed by atoms with E-state index >= 15 is 0 Å². The molecule has 0 amide bonds. The molecule has 0 aliphatic carbocycles. The average Bonchev–Trinajstić information content (AvgIpc) is 2.75. The van der Waals surface area contributed by atoms with Gasteiger partial charge in [-0.05, 0) is 33.6 Å². The van der Waals surface area contributed by atoms with Gasteiger partial charge in [0.2, 0.25) is 0 Å². The van der Waals surface area contributed by atoms with Gasteiger partial charge in [0.25, 0.3) is 0 Å². The van der Waals surface area contributed by atoms with Gasteiger partial charge < -0.3 is 14.7 Å². The number of aryl methyl sites for hydroxylation is 2. The maximum Gasteiger partial charge on any atom is 0.193 e. The highest BCUT2D eigenvalue weighted by Crippen LogP contribution is 2.12. The van der Waals surface area contributed by atoms with Crippen molar-refractivity contribution in [2.24, 2.45) is 4.99 Å². The Bertz CT molecular complexity index is 406. The molecule has 5 heteroatoms. The van der Waals surface area contributed by atoms with E-state index in [4.69, 9.17) is 4.52 Å². The summed E-state index contributed by atoms with van der Waals surface area (Å²) in [6.45, 7) is 10.9. The number of nitrogens with zero attached hydrogens (tertiary/aromatic N) is 3. The molecule has 0 spiro atoms. The molecule has 0 fully saturated rings. The van der Waals surface area contributed by atoms with E-state index in [1.165, 1.54) is 18.4 Å². The van der Waals surface area contributed by atoms with Gasteiger partial charge in [0.15, 0.2) is 5.96 Å². The standard InChI is InChI=1S/C15H28N4O/c1-6-8-11-19(5)15(16-7-2)17-10-9-14-12(3)18-20-13(14)4/h6-11H2,1-5H3,(H,16,17). The van der Waals surface area contributed by atoms with Crippen LogP contribution in [0.5, 0.6) is 0 Å². The SMILES string of the molecule is CCCCN(C)C(=NCCc1c(C)noc1C)NCC. The van der Waals surface area contributed by atoms with Gasteiger partial charge in [-0.3, -0.25) is 4.99 Å². The minimum absolute atomic E-state index is 0.752. The molecule has 1 heterocycles. The summed E-state index contributed by atoms with van der Waals surface area (Å²) in [4.78, 5) is 6.88. The van der Waals surface area contributed by atoms with Crippen LogP contribution >= 0.6 is 0 Å². The molecule has 0 aliphatic heterocycles. The van der Waals surface area contributed by atoms with Gasteiger partial charge in [0, 0.05) is 32.2 Å². The van der Waals surface area contributed by atoms with Gasteiger partial charge in [-0.15, -0.1) is 0 Å². The lowest BCUT2D eigenvalue weighted by Gasteiger charge is -2.21. The lowest BCUT2D eigenvalue weighted by molar-refractivity contribution is 0.392. The molecule has 0 unspecified atom stereocenters. The number of hydrogen-bond acceptors (Lipinski definition) is 3. The monoisotopic (exact) mass is 280 g/mol. The second-order valence-electron chi connectivity index (χ2n) is 5.06. The number of unbranched alkanes of at least 4 members (excludes halogenated alkanes) is 1. The third-order valence-electron chi connectivity index (χ3n) is 3.35. The molecular weight excluding hydrogens is 252 g/mol. The van der Waals surface area contributed by atoms with Crippen molar-refractivity contribution in [1.82, 2.24) is 15.4 Å². The molecule has 0 aliphatic rings. The fourth-order valence-electron chi connectivity index (χ4n) is 2.10. The minimum atomic E-state index is 0.752. The van der Waals surface area contributed by atoms with E-state index in [9.17, 15) is 0 Å². The van der Waals surface area contributed by atoms with Crippen molar-refractivity contribution in [3.05, 3.63) is 17.0 Å². The summed E-state index contributed by atoms with van der Waals surface area (Å²) in [5.41, 5.74) is 2.16. The molecule has 114 valence electrons. The molecular formula is C15H28N4O. The first kappa shape index (κ1) is 16.5. The van der Waals surface area contributed by atoms with E-state index in [0.717, 1.165) is 43.5 Å². The molecule has 1 aromatic rings. The maximum atomic E-state index is 5.18. The van der Waals surface area contributed by atoms with Gasteiger partial charge >= 0.3 is 0 Å². The molecule has 5 nitrogen and oxygen atoms in total. The number of guanidine groups is 1. The Morgan fingerprint density at radius 1 is 1.35 bits per heavy atom. The number of hydrogen-bond donors (Lipinski definition) is 1. The van der Waals surface area contributed by atoms with E-state index in [1.807, 2.05) is 13.8 Å². The minimum Gasteiger partial charge on any atom is -0.361 e. The zero-order valence-electron chi connectivity index (χ0n) is 13.5. The predicted octanol–water partition coefficient (Wildman–Crippen LogP) is 2.53. The summed E-state index contributed by atoms with van der Waals surface area (Å²) in [5.74, 6) is 1.88. The lowest BCUT2D eigenvalue weighted by atomic mass is 10.1. The number of rotatable bonds is 7. The fourth-order valence-corrected chi connectivity index (χ4v) is 2.10. The normalized spacial score (nSPS) is 11.8. The van der Waals surface area contributed by atoms with Crippen LogP contribution in [0.3, 0.4) is 0 Å². The van der Waals surface area contributed by atoms with Crippen molar-refractivity contribution >= 4 is 5.96 Å². The highest BCUT2D eigenvalue weighted by atomic mass is 16.5. The Labute approximate surface area is 122 Å². The highest BCUT2D eigenvalue weighted by Gasteiger charge is 2.09. The van der Waals surface area contributed by atoms with Crippen molar-refractivity contribution in [1.29, 1.82) is 0 Å². The van der Waals surface area contributed by atoms with Crippen molar-refractivity contribution < 1.29 is 4.52 Å². The van der Waals surface area contributed by atoms with Crippen LogP contribution in [0.2, 0.25) is 0 Å². The molecule has 0 saturated carbocycles. The summed E-state index contributed by atoms with van der Waals surface area (Å²) in [7, 11) is 2.09. The van der Waals surface area contributed by atoms with Gasteiger partial charge in [0.05, 0.1) is 5.69 Å². The summed E-state index contributed by atoms with van der Waals surface area (Å²) in [6.07, 6.45) is 3.26. The average molecular weight is 280 g/mol. The van der Waals surface area contributed by atoms with Crippen molar-refractivity contribution in [3.63, 3.8) is 0 Å². The molecule has 0 atom stereocenters.